The first-order valence-corrected chi connectivity index (χ1v) is 8.68. The average molecular weight is 371 g/mol. The minimum Gasteiger partial charge on any atom is -0.361 e. The van der Waals surface area contributed by atoms with E-state index in [-0.39, 0.29) is 17.5 Å². The smallest absolute Gasteiger partial charge is 0.143 e. The fourth-order valence-electron chi connectivity index (χ4n) is 3.11. The fraction of sp³-hybridized carbons (Fsp3) is 0.182. The van der Waals surface area contributed by atoms with Gasteiger partial charge in [0.2, 0.25) is 0 Å². The number of hydrogen-bond acceptors (Lipinski definition) is 2. The van der Waals surface area contributed by atoms with Crippen LogP contribution in [0.5, 0.6) is 0 Å². The topological polar surface area (TPSA) is 35.2 Å². The molecule has 0 saturated heterocycles. The molecule has 0 fully saturated rings. The van der Waals surface area contributed by atoms with E-state index in [1.165, 1.54) is 36.4 Å². The first-order valence-electron chi connectivity index (χ1n) is 8.68. The van der Waals surface area contributed by atoms with Gasteiger partial charge in [-0.05, 0) is 66.1 Å². The number of halogens is 3. The zero-order valence-corrected chi connectivity index (χ0v) is 14.7. The molecule has 140 valence electrons. The van der Waals surface area contributed by atoms with E-state index in [9.17, 15) is 13.2 Å². The molecule has 0 aliphatic rings. The van der Waals surface area contributed by atoms with E-state index in [4.69, 9.17) is 10.5 Å². The van der Waals surface area contributed by atoms with E-state index < -0.39 is 5.60 Å². The van der Waals surface area contributed by atoms with Gasteiger partial charge in [0.05, 0.1) is 0 Å². The minimum absolute atomic E-state index is 0.322. The van der Waals surface area contributed by atoms with E-state index in [0.717, 1.165) is 0 Å². The average Bonchev–Trinajstić information content (AvgIpc) is 2.68. The summed E-state index contributed by atoms with van der Waals surface area (Å²) in [6.07, 6.45) is 0.603. The van der Waals surface area contributed by atoms with Crippen molar-refractivity contribution in [2.75, 3.05) is 13.2 Å². The van der Waals surface area contributed by atoms with Gasteiger partial charge in [-0.15, -0.1) is 0 Å². The standard InChI is InChI=1S/C22H20F3NO/c23-19-8-2-16(3-9-19)22(27-15-1-14-26,17-4-10-20(24)11-5-17)18-6-12-21(25)13-7-18/h2-13H,1,14-15,26H2. The summed E-state index contributed by atoms with van der Waals surface area (Å²) in [7, 11) is 0. The van der Waals surface area contributed by atoms with Crippen LogP contribution < -0.4 is 5.73 Å². The number of rotatable bonds is 7. The maximum atomic E-state index is 13.5. The van der Waals surface area contributed by atoms with Crippen molar-refractivity contribution in [2.45, 2.75) is 12.0 Å². The van der Waals surface area contributed by atoms with Gasteiger partial charge in [-0.25, -0.2) is 13.2 Å². The quantitative estimate of drug-likeness (QED) is 0.480. The Labute approximate surface area is 156 Å². The summed E-state index contributed by atoms with van der Waals surface area (Å²) in [5, 5.41) is 0. The molecule has 3 rings (SSSR count). The number of benzene rings is 3. The van der Waals surface area contributed by atoms with Crippen LogP contribution in [0.2, 0.25) is 0 Å². The van der Waals surface area contributed by atoms with E-state index in [2.05, 4.69) is 0 Å². The van der Waals surface area contributed by atoms with Gasteiger partial charge in [0.15, 0.2) is 0 Å². The van der Waals surface area contributed by atoms with Crippen LogP contribution in [-0.4, -0.2) is 13.2 Å². The molecule has 0 aliphatic heterocycles. The summed E-state index contributed by atoms with van der Waals surface area (Å²) in [6.45, 7) is 0.759. The Morgan fingerprint density at radius 2 is 0.963 bits per heavy atom. The van der Waals surface area contributed by atoms with Gasteiger partial charge in [0, 0.05) is 6.61 Å². The van der Waals surface area contributed by atoms with Gasteiger partial charge in [-0.2, -0.15) is 0 Å². The Hall–Kier alpha value is -2.63. The predicted molar refractivity (Wildman–Crippen MR) is 98.7 cm³/mol. The van der Waals surface area contributed by atoms with Crippen molar-refractivity contribution in [2.24, 2.45) is 5.73 Å². The number of ether oxygens (including phenoxy) is 1. The highest BCUT2D eigenvalue weighted by atomic mass is 19.1. The monoisotopic (exact) mass is 371 g/mol. The first kappa shape index (κ1) is 19.1. The molecule has 0 unspecified atom stereocenters. The molecule has 5 heteroatoms. The van der Waals surface area contributed by atoms with Gasteiger partial charge in [0.1, 0.15) is 23.1 Å². The Bertz CT molecular complexity index is 751. The number of nitrogens with two attached hydrogens (primary N) is 1. The third-order valence-corrected chi connectivity index (χ3v) is 4.42. The van der Waals surface area contributed by atoms with E-state index in [0.29, 0.717) is 36.3 Å². The van der Waals surface area contributed by atoms with Gasteiger partial charge >= 0.3 is 0 Å². The van der Waals surface area contributed by atoms with Crippen molar-refractivity contribution in [1.82, 2.24) is 0 Å². The molecule has 0 amide bonds. The lowest BCUT2D eigenvalue weighted by atomic mass is 9.80. The van der Waals surface area contributed by atoms with Crippen molar-refractivity contribution < 1.29 is 17.9 Å². The van der Waals surface area contributed by atoms with Crippen LogP contribution in [-0.2, 0) is 10.3 Å². The summed E-state index contributed by atoms with van der Waals surface area (Å²) in [4.78, 5) is 0. The summed E-state index contributed by atoms with van der Waals surface area (Å²) < 4.78 is 46.9. The van der Waals surface area contributed by atoms with Crippen molar-refractivity contribution >= 4 is 0 Å². The summed E-state index contributed by atoms with van der Waals surface area (Å²) >= 11 is 0. The Morgan fingerprint density at radius 3 is 1.26 bits per heavy atom. The molecule has 0 bridgehead atoms. The molecule has 3 aromatic carbocycles. The second kappa shape index (κ2) is 8.37. The van der Waals surface area contributed by atoms with E-state index >= 15 is 0 Å². The van der Waals surface area contributed by atoms with Crippen LogP contribution in [0.25, 0.3) is 0 Å². The van der Waals surface area contributed by atoms with Crippen LogP contribution in [0.4, 0.5) is 13.2 Å². The van der Waals surface area contributed by atoms with Crippen LogP contribution in [0, 0.1) is 17.5 Å². The van der Waals surface area contributed by atoms with Gasteiger partial charge in [-0.3, -0.25) is 0 Å². The van der Waals surface area contributed by atoms with Gasteiger partial charge in [-0.1, -0.05) is 36.4 Å². The second-order valence-electron chi connectivity index (χ2n) is 6.19. The third-order valence-electron chi connectivity index (χ3n) is 4.42. The Balaban J connectivity index is 2.23. The zero-order chi connectivity index (χ0) is 19.3. The molecular formula is C22H20F3NO. The molecule has 0 atom stereocenters. The molecule has 3 aromatic rings. The SMILES string of the molecule is NCCCOC(c1ccc(F)cc1)(c1ccc(F)cc1)c1ccc(F)cc1. The summed E-state index contributed by atoms with van der Waals surface area (Å²) in [6, 6.07) is 17.7. The zero-order valence-electron chi connectivity index (χ0n) is 14.7. The second-order valence-corrected chi connectivity index (χ2v) is 6.19. The summed E-state index contributed by atoms with van der Waals surface area (Å²) in [5.41, 5.74) is 6.41. The van der Waals surface area contributed by atoms with Gasteiger partial charge in [0.25, 0.3) is 0 Å². The maximum absolute atomic E-state index is 13.5. The lowest BCUT2D eigenvalue weighted by Gasteiger charge is -2.36. The summed E-state index contributed by atoms with van der Waals surface area (Å²) in [5.74, 6) is -1.14. The largest absolute Gasteiger partial charge is 0.361 e. The van der Waals surface area contributed by atoms with E-state index in [1.807, 2.05) is 0 Å². The Morgan fingerprint density at radius 1 is 0.630 bits per heavy atom. The lowest BCUT2D eigenvalue weighted by Crippen LogP contribution is -2.33. The molecule has 0 aliphatic carbocycles. The molecule has 2 N–H and O–H groups in total. The van der Waals surface area contributed by atoms with Crippen LogP contribution in [0.3, 0.4) is 0 Å². The molecule has 0 spiro atoms. The highest BCUT2D eigenvalue weighted by Crippen LogP contribution is 2.40. The minimum atomic E-state index is -1.15. The van der Waals surface area contributed by atoms with Crippen LogP contribution in [0.15, 0.2) is 72.8 Å². The highest BCUT2D eigenvalue weighted by Gasteiger charge is 2.37. The lowest BCUT2D eigenvalue weighted by molar-refractivity contribution is 0.0123. The van der Waals surface area contributed by atoms with Gasteiger partial charge < -0.3 is 10.5 Å². The molecular weight excluding hydrogens is 351 g/mol. The molecule has 0 radical (unpaired) electrons. The molecule has 0 heterocycles. The molecule has 2 nitrogen and oxygen atoms in total. The third kappa shape index (κ3) is 4.04. The molecule has 0 aromatic heterocycles. The van der Waals surface area contributed by atoms with Crippen molar-refractivity contribution in [1.29, 1.82) is 0 Å². The van der Waals surface area contributed by atoms with Crippen molar-refractivity contribution in [3.8, 4) is 0 Å². The highest BCUT2D eigenvalue weighted by molar-refractivity contribution is 5.47. The predicted octanol–water partition coefficient (Wildman–Crippen LogP) is 4.76. The fourth-order valence-corrected chi connectivity index (χ4v) is 3.11. The van der Waals surface area contributed by atoms with Crippen LogP contribution >= 0.6 is 0 Å². The van der Waals surface area contributed by atoms with Crippen molar-refractivity contribution in [3.05, 3.63) is 107 Å². The van der Waals surface area contributed by atoms with Crippen molar-refractivity contribution in [3.63, 3.8) is 0 Å². The Kier molecular flexibility index (Phi) is 5.94. The first-order chi connectivity index (χ1) is 13.1. The maximum Gasteiger partial charge on any atom is 0.143 e. The molecule has 27 heavy (non-hydrogen) atoms. The van der Waals surface area contributed by atoms with E-state index in [1.54, 1.807) is 36.4 Å². The number of hydrogen-bond donors (Lipinski definition) is 1. The van der Waals surface area contributed by atoms with Crippen LogP contribution in [0.1, 0.15) is 23.1 Å². The molecule has 0 saturated carbocycles. The normalized spacial score (nSPS) is 11.6.